The highest BCUT2D eigenvalue weighted by Crippen LogP contribution is 2.22. The zero-order valence-corrected chi connectivity index (χ0v) is 11.6. The summed E-state index contributed by atoms with van der Waals surface area (Å²) in [4.78, 5) is 2.45. The van der Waals surface area contributed by atoms with E-state index in [0.717, 1.165) is 26.2 Å². The smallest absolute Gasteiger partial charge is 0.0896 e. The first kappa shape index (κ1) is 13.5. The molecule has 1 aliphatic heterocycles. The molecule has 1 heterocycles. The number of aryl methyl sites for hydroxylation is 1. The molecule has 1 aromatic carbocycles. The number of likely N-dealkylation sites (N-methyl/N-ethyl adjacent to an activating group) is 2. The zero-order chi connectivity index (χ0) is 13.0. The third-order valence-electron chi connectivity index (χ3n) is 3.74. The van der Waals surface area contributed by atoms with Crippen LogP contribution < -0.4 is 5.32 Å². The van der Waals surface area contributed by atoms with E-state index in [1.807, 2.05) is 7.05 Å². The van der Waals surface area contributed by atoms with Crippen LogP contribution in [0.1, 0.15) is 24.1 Å². The van der Waals surface area contributed by atoms with Gasteiger partial charge in [-0.15, -0.1) is 0 Å². The minimum Gasteiger partial charge on any atom is -0.374 e. The highest BCUT2D eigenvalue weighted by Gasteiger charge is 2.27. The Balaban J connectivity index is 2.10. The van der Waals surface area contributed by atoms with Crippen LogP contribution in [0.2, 0.25) is 0 Å². The van der Waals surface area contributed by atoms with Crippen LogP contribution in [-0.2, 0) is 4.74 Å². The lowest BCUT2D eigenvalue weighted by Gasteiger charge is -2.36. The van der Waals surface area contributed by atoms with Crippen LogP contribution in [0.5, 0.6) is 0 Å². The number of benzene rings is 1. The molecule has 0 aliphatic carbocycles. The first-order valence-corrected chi connectivity index (χ1v) is 6.82. The molecule has 18 heavy (non-hydrogen) atoms. The van der Waals surface area contributed by atoms with Gasteiger partial charge in [0.25, 0.3) is 0 Å². The Kier molecular flexibility index (Phi) is 4.75. The molecule has 2 atom stereocenters. The molecule has 0 spiro atoms. The Hall–Kier alpha value is -0.900. The van der Waals surface area contributed by atoms with Gasteiger partial charge < -0.3 is 10.1 Å². The Bertz CT molecular complexity index is 363. The molecule has 0 radical (unpaired) electrons. The molecule has 0 bridgehead atoms. The van der Waals surface area contributed by atoms with Gasteiger partial charge in [-0.25, -0.2) is 0 Å². The maximum Gasteiger partial charge on any atom is 0.0896 e. The van der Waals surface area contributed by atoms with E-state index in [2.05, 4.69) is 48.3 Å². The molecule has 0 amide bonds. The van der Waals surface area contributed by atoms with Crippen LogP contribution in [0.3, 0.4) is 0 Å². The molecule has 2 rings (SSSR count). The van der Waals surface area contributed by atoms with Crippen molar-refractivity contribution in [3.8, 4) is 0 Å². The fraction of sp³-hybridized carbons (Fsp3) is 0.600. The molecule has 1 saturated heterocycles. The Labute approximate surface area is 110 Å². The van der Waals surface area contributed by atoms with Gasteiger partial charge in [-0.1, -0.05) is 36.8 Å². The van der Waals surface area contributed by atoms with E-state index in [9.17, 15) is 0 Å². The van der Waals surface area contributed by atoms with Crippen molar-refractivity contribution in [1.29, 1.82) is 0 Å². The van der Waals surface area contributed by atoms with Crippen molar-refractivity contribution in [3.05, 3.63) is 35.4 Å². The average Bonchev–Trinajstić information content (AvgIpc) is 2.42. The van der Waals surface area contributed by atoms with E-state index < -0.39 is 0 Å². The number of nitrogens with zero attached hydrogens (tertiary/aromatic N) is 1. The summed E-state index contributed by atoms with van der Waals surface area (Å²) in [5.41, 5.74) is 2.61. The van der Waals surface area contributed by atoms with Gasteiger partial charge in [-0.05, 0) is 26.1 Å². The van der Waals surface area contributed by atoms with E-state index >= 15 is 0 Å². The summed E-state index contributed by atoms with van der Waals surface area (Å²) in [6, 6.07) is 9.01. The first-order valence-electron chi connectivity index (χ1n) is 6.82. The molecular weight excluding hydrogens is 224 g/mol. The van der Waals surface area contributed by atoms with Gasteiger partial charge in [0.15, 0.2) is 0 Å². The van der Waals surface area contributed by atoms with E-state index in [0.29, 0.717) is 0 Å². The van der Waals surface area contributed by atoms with Gasteiger partial charge in [-0.2, -0.15) is 0 Å². The van der Waals surface area contributed by atoms with Crippen molar-refractivity contribution in [3.63, 3.8) is 0 Å². The molecule has 1 aromatic rings. The predicted octanol–water partition coefficient (Wildman–Crippen LogP) is 1.98. The minimum absolute atomic E-state index is 0.242. The summed E-state index contributed by atoms with van der Waals surface area (Å²) in [5.74, 6) is 0. The molecular formula is C15H24N2O. The second kappa shape index (κ2) is 6.32. The molecule has 3 nitrogen and oxygen atoms in total. The normalized spacial score (nSPS) is 22.9. The molecule has 0 aromatic heterocycles. The van der Waals surface area contributed by atoms with Crippen molar-refractivity contribution in [2.24, 2.45) is 0 Å². The number of ether oxygens (including phenoxy) is 1. The fourth-order valence-corrected chi connectivity index (χ4v) is 2.56. The van der Waals surface area contributed by atoms with Gasteiger partial charge in [-0.3, -0.25) is 4.90 Å². The second-order valence-corrected chi connectivity index (χ2v) is 4.98. The topological polar surface area (TPSA) is 24.5 Å². The highest BCUT2D eigenvalue weighted by molar-refractivity contribution is 5.25. The minimum atomic E-state index is 0.242. The summed E-state index contributed by atoms with van der Waals surface area (Å²) in [6.45, 7) is 8.33. The summed E-state index contributed by atoms with van der Waals surface area (Å²) in [5, 5.41) is 3.40. The lowest BCUT2D eigenvalue weighted by atomic mass is 9.99. The van der Waals surface area contributed by atoms with Crippen molar-refractivity contribution in [1.82, 2.24) is 10.2 Å². The monoisotopic (exact) mass is 248 g/mol. The van der Waals surface area contributed by atoms with Crippen LogP contribution in [0.4, 0.5) is 0 Å². The van der Waals surface area contributed by atoms with Crippen molar-refractivity contribution >= 4 is 0 Å². The maximum absolute atomic E-state index is 5.94. The molecule has 0 saturated carbocycles. The number of hydrogen-bond donors (Lipinski definition) is 1. The Morgan fingerprint density at radius 1 is 1.39 bits per heavy atom. The number of morpholine rings is 1. The van der Waals surface area contributed by atoms with Gasteiger partial charge >= 0.3 is 0 Å². The molecule has 3 heteroatoms. The number of rotatable bonds is 4. The van der Waals surface area contributed by atoms with Gasteiger partial charge in [0, 0.05) is 13.1 Å². The maximum atomic E-state index is 5.94. The lowest BCUT2D eigenvalue weighted by Crippen LogP contribution is -2.47. The average molecular weight is 248 g/mol. The van der Waals surface area contributed by atoms with E-state index in [1.165, 1.54) is 11.1 Å². The quantitative estimate of drug-likeness (QED) is 0.882. The van der Waals surface area contributed by atoms with E-state index in [-0.39, 0.29) is 12.1 Å². The van der Waals surface area contributed by atoms with Crippen LogP contribution in [0.25, 0.3) is 0 Å². The van der Waals surface area contributed by atoms with Crippen LogP contribution in [-0.4, -0.2) is 44.3 Å². The summed E-state index contributed by atoms with van der Waals surface area (Å²) in [7, 11) is 2.01. The number of hydrogen-bond acceptors (Lipinski definition) is 3. The van der Waals surface area contributed by atoms with Crippen LogP contribution >= 0.6 is 0 Å². The molecule has 2 unspecified atom stereocenters. The summed E-state index contributed by atoms with van der Waals surface area (Å²) >= 11 is 0. The highest BCUT2D eigenvalue weighted by atomic mass is 16.5. The first-order chi connectivity index (χ1) is 8.74. The van der Waals surface area contributed by atoms with Crippen LogP contribution in [0.15, 0.2) is 24.3 Å². The van der Waals surface area contributed by atoms with Gasteiger partial charge in [0.1, 0.15) is 0 Å². The summed E-state index contributed by atoms with van der Waals surface area (Å²) in [6.07, 6.45) is 0.242. The van der Waals surface area contributed by atoms with Crippen molar-refractivity contribution in [2.75, 3.05) is 33.3 Å². The third kappa shape index (κ3) is 3.10. The molecule has 1 fully saturated rings. The lowest BCUT2D eigenvalue weighted by molar-refractivity contribution is -0.0444. The fourth-order valence-electron chi connectivity index (χ4n) is 2.56. The number of nitrogens with one attached hydrogen (secondary N) is 1. The van der Waals surface area contributed by atoms with E-state index in [1.54, 1.807) is 0 Å². The molecule has 100 valence electrons. The second-order valence-electron chi connectivity index (χ2n) is 4.98. The predicted molar refractivity (Wildman–Crippen MR) is 74.8 cm³/mol. The van der Waals surface area contributed by atoms with Crippen molar-refractivity contribution < 1.29 is 4.74 Å². The molecule has 1 N–H and O–H groups in total. The third-order valence-corrected chi connectivity index (χ3v) is 3.74. The molecule has 1 aliphatic rings. The zero-order valence-electron chi connectivity index (χ0n) is 11.6. The van der Waals surface area contributed by atoms with Crippen molar-refractivity contribution in [2.45, 2.75) is 26.0 Å². The summed E-state index contributed by atoms with van der Waals surface area (Å²) < 4.78 is 5.94. The largest absolute Gasteiger partial charge is 0.374 e. The van der Waals surface area contributed by atoms with Gasteiger partial charge in [0.2, 0.25) is 0 Å². The Morgan fingerprint density at radius 3 is 2.72 bits per heavy atom. The standard InChI is InChI=1S/C15H24N2O/c1-4-17-9-10-18-14(11-17)15(16-3)13-7-5-12(2)6-8-13/h5-8,14-16H,4,9-11H2,1-3H3. The van der Waals surface area contributed by atoms with E-state index in [4.69, 9.17) is 4.74 Å². The van der Waals surface area contributed by atoms with Crippen LogP contribution in [0, 0.1) is 6.92 Å². The Morgan fingerprint density at radius 2 is 2.11 bits per heavy atom. The van der Waals surface area contributed by atoms with Gasteiger partial charge in [0.05, 0.1) is 18.8 Å². The SMILES string of the molecule is CCN1CCOC(C(NC)c2ccc(C)cc2)C1.